The summed E-state index contributed by atoms with van der Waals surface area (Å²) in [6.45, 7) is 5.46. The minimum absolute atomic E-state index is 0.301. The van der Waals surface area contributed by atoms with Crippen LogP contribution in [0.1, 0.15) is 20.3 Å². The van der Waals surface area contributed by atoms with Crippen molar-refractivity contribution in [2.45, 2.75) is 25.2 Å². The monoisotopic (exact) mass is 346 g/mol. The molecule has 1 aliphatic rings. The molecule has 2 unspecified atom stereocenters. The second-order valence-electron chi connectivity index (χ2n) is 5.29. The number of sulfonamides is 1. The molecule has 1 saturated heterocycles. The molecule has 1 aromatic rings. The lowest BCUT2D eigenvalue weighted by molar-refractivity contribution is 0.212. The van der Waals surface area contributed by atoms with E-state index in [4.69, 9.17) is 5.73 Å². The number of nitrogens with zero attached hydrogens (tertiary/aromatic N) is 1. The third kappa shape index (κ3) is 2.95. The SMILES string of the molecule is CC1CCN(S(=O)(=O)c2ccc(N)c(Br)c2)CC1C. The van der Waals surface area contributed by atoms with Gasteiger partial charge in [-0.3, -0.25) is 0 Å². The molecule has 1 aliphatic heterocycles. The fourth-order valence-electron chi connectivity index (χ4n) is 2.26. The van der Waals surface area contributed by atoms with E-state index in [9.17, 15) is 8.42 Å². The number of halogens is 1. The Bertz CT molecular complexity index is 574. The topological polar surface area (TPSA) is 63.4 Å². The number of rotatable bonds is 2. The lowest BCUT2D eigenvalue weighted by atomic mass is 9.90. The fraction of sp³-hybridized carbons (Fsp3) is 0.538. The highest BCUT2D eigenvalue weighted by molar-refractivity contribution is 9.10. The smallest absolute Gasteiger partial charge is 0.243 e. The molecule has 0 aromatic heterocycles. The molecule has 19 heavy (non-hydrogen) atoms. The standard InChI is InChI=1S/C13H19BrN2O2S/c1-9-5-6-16(8-10(9)2)19(17,18)11-3-4-13(15)12(14)7-11/h3-4,7,9-10H,5-6,8,15H2,1-2H3. The van der Waals surface area contributed by atoms with Crippen molar-refractivity contribution in [1.29, 1.82) is 0 Å². The first-order valence-corrected chi connectivity index (χ1v) is 8.61. The largest absolute Gasteiger partial charge is 0.398 e. The van der Waals surface area contributed by atoms with E-state index in [0.29, 0.717) is 40.0 Å². The third-order valence-corrected chi connectivity index (χ3v) is 6.45. The van der Waals surface area contributed by atoms with E-state index in [0.717, 1.165) is 6.42 Å². The van der Waals surface area contributed by atoms with Crippen LogP contribution < -0.4 is 5.73 Å². The summed E-state index contributed by atoms with van der Waals surface area (Å²) in [5.74, 6) is 0.963. The van der Waals surface area contributed by atoms with Gasteiger partial charge in [0.15, 0.2) is 0 Å². The Morgan fingerprint density at radius 1 is 1.32 bits per heavy atom. The molecule has 0 saturated carbocycles. The molecule has 106 valence electrons. The minimum atomic E-state index is -3.41. The quantitative estimate of drug-likeness (QED) is 0.837. The number of benzene rings is 1. The predicted octanol–water partition coefficient (Wildman–Crippen LogP) is 2.70. The molecule has 6 heteroatoms. The van der Waals surface area contributed by atoms with Crippen molar-refractivity contribution in [2.75, 3.05) is 18.8 Å². The molecule has 1 aromatic carbocycles. The van der Waals surface area contributed by atoms with E-state index in [1.165, 1.54) is 0 Å². The van der Waals surface area contributed by atoms with Crippen molar-refractivity contribution in [3.8, 4) is 0 Å². The third-order valence-electron chi connectivity index (χ3n) is 3.91. The molecule has 4 nitrogen and oxygen atoms in total. The van der Waals surface area contributed by atoms with E-state index >= 15 is 0 Å². The van der Waals surface area contributed by atoms with Crippen LogP contribution in [0.3, 0.4) is 0 Å². The minimum Gasteiger partial charge on any atom is -0.398 e. The van der Waals surface area contributed by atoms with Crippen LogP contribution in [0.15, 0.2) is 27.6 Å². The Labute approximate surface area is 123 Å². The highest BCUT2D eigenvalue weighted by Gasteiger charge is 2.31. The van der Waals surface area contributed by atoms with E-state index < -0.39 is 10.0 Å². The average Bonchev–Trinajstić information content (AvgIpc) is 2.35. The summed E-state index contributed by atoms with van der Waals surface area (Å²) in [6.07, 6.45) is 0.913. The highest BCUT2D eigenvalue weighted by atomic mass is 79.9. The maximum absolute atomic E-state index is 12.6. The van der Waals surface area contributed by atoms with E-state index in [1.54, 1.807) is 22.5 Å². The van der Waals surface area contributed by atoms with Gasteiger partial charge in [-0.1, -0.05) is 13.8 Å². The first-order chi connectivity index (χ1) is 8.82. The van der Waals surface area contributed by atoms with E-state index in [-0.39, 0.29) is 0 Å². The molecule has 1 fully saturated rings. The summed E-state index contributed by atoms with van der Waals surface area (Å²) in [7, 11) is -3.41. The fourth-order valence-corrected chi connectivity index (χ4v) is 4.37. The van der Waals surface area contributed by atoms with Gasteiger partial charge in [-0.25, -0.2) is 8.42 Å². The molecule has 0 aliphatic carbocycles. The van der Waals surface area contributed by atoms with Crippen molar-refractivity contribution < 1.29 is 8.42 Å². The first-order valence-electron chi connectivity index (χ1n) is 6.37. The van der Waals surface area contributed by atoms with Crippen LogP contribution in [0.5, 0.6) is 0 Å². The summed E-state index contributed by atoms with van der Waals surface area (Å²) in [6, 6.07) is 4.76. The van der Waals surface area contributed by atoms with Crippen LogP contribution in [0, 0.1) is 11.8 Å². The first kappa shape index (κ1) is 14.8. The maximum Gasteiger partial charge on any atom is 0.243 e. The zero-order valence-corrected chi connectivity index (χ0v) is 13.5. The molecule has 0 amide bonds. The predicted molar refractivity (Wildman–Crippen MR) is 80.3 cm³/mol. The summed E-state index contributed by atoms with van der Waals surface area (Å²) >= 11 is 3.28. The van der Waals surface area contributed by atoms with Gasteiger partial charge in [-0.2, -0.15) is 4.31 Å². The highest BCUT2D eigenvalue weighted by Crippen LogP contribution is 2.29. The van der Waals surface area contributed by atoms with E-state index in [2.05, 4.69) is 29.8 Å². The second-order valence-corrected chi connectivity index (χ2v) is 8.08. The van der Waals surface area contributed by atoms with Gasteiger partial charge in [-0.05, 0) is 52.4 Å². The van der Waals surface area contributed by atoms with Crippen molar-refractivity contribution in [3.05, 3.63) is 22.7 Å². The Kier molecular flexibility index (Phi) is 4.23. The molecule has 0 spiro atoms. The molecular formula is C13H19BrN2O2S. The Balaban J connectivity index is 2.29. The summed E-state index contributed by atoms with van der Waals surface area (Å²) in [5, 5.41) is 0. The number of piperidine rings is 1. The van der Waals surface area contributed by atoms with Crippen LogP contribution in [0.2, 0.25) is 0 Å². The van der Waals surface area contributed by atoms with Gasteiger partial charge in [0.2, 0.25) is 10.0 Å². The molecular weight excluding hydrogens is 328 g/mol. The van der Waals surface area contributed by atoms with Gasteiger partial charge >= 0.3 is 0 Å². The Hall–Kier alpha value is -0.590. The Morgan fingerprint density at radius 2 is 2.00 bits per heavy atom. The van der Waals surface area contributed by atoms with Crippen LogP contribution >= 0.6 is 15.9 Å². The number of nitrogen functional groups attached to an aromatic ring is 1. The number of nitrogens with two attached hydrogens (primary N) is 1. The van der Waals surface area contributed by atoms with Gasteiger partial charge in [-0.15, -0.1) is 0 Å². The van der Waals surface area contributed by atoms with Gasteiger partial charge in [0.25, 0.3) is 0 Å². The molecule has 2 atom stereocenters. The number of hydrogen-bond acceptors (Lipinski definition) is 3. The van der Waals surface area contributed by atoms with Crippen LogP contribution in [0.4, 0.5) is 5.69 Å². The maximum atomic E-state index is 12.6. The van der Waals surface area contributed by atoms with Crippen molar-refractivity contribution in [3.63, 3.8) is 0 Å². The number of anilines is 1. The van der Waals surface area contributed by atoms with E-state index in [1.807, 2.05) is 0 Å². The van der Waals surface area contributed by atoms with Gasteiger partial charge in [0.05, 0.1) is 4.90 Å². The van der Waals surface area contributed by atoms with Crippen molar-refractivity contribution >= 4 is 31.6 Å². The molecule has 2 rings (SSSR count). The summed E-state index contributed by atoms with van der Waals surface area (Å²) in [5.41, 5.74) is 6.24. The second kappa shape index (κ2) is 5.42. The van der Waals surface area contributed by atoms with Crippen LogP contribution in [-0.2, 0) is 10.0 Å². The Morgan fingerprint density at radius 3 is 2.58 bits per heavy atom. The number of hydrogen-bond donors (Lipinski definition) is 1. The summed E-state index contributed by atoms with van der Waals surface area (Å²) in [4.78, 5) is 0.301. The molecule has 2 N–H and O–H groups in total. The van der Waals surface area contributed by atoms with Crippen molar-refractivity contribution in [2.24, 2.45) is 11.8 Å². The lowest BCUT2D eigenvalue weighted by Crippen LogP contribution is -2.42. The van der Waals surface area contributed by atoms with Gasteiger partial charge < -0.3 is 5.73 Å². The zero-order valence-electron chi connectivity index (χ0n) is 11.1. The van der Waals surface area contributed by atoms with Crippen LogP contribution in [0.25, 0.3) is 0 Å². The molecule has 0 radical (unpaired) electrons. The zero-order chi connectivity index (χ0) is 14.2. The van der Waals surface area contributed by atoms with Gasteiger partial charge in [0, 0.05) is 23.2 Å². The molecule has 1 heterocycles. The normalized spacial score (nSPS) is 25.4. The lowest BCUT2D eigenvalue weighted by Gasteiger charge is -2.34. The van der Waals surface area contributed by atoms with Crippen LogP contribution in [-0.4, -0.2) is 25.8 Å². The van der Waals surface area contributed by atoms with Gasteiger partial charge in [0.1, 0.15) is 0 Å². The average molecular weight is 347 g/mol. The van der Waals surface area contributed by atoms with Crippen molar-refractivity contribution in [1.82, 2.24) is 4.31 Å². The molecule has 0 bridgehead atoms. The summed E-state index contributed by atoms with van der Waals surface area (Å²) < 4.78 is 27.3.